The van der Waals surface area contributed by atoms with E-state index in [0.29, 0.717) is 5.69 Å². The minimum Gasteiger partial charge on any atom is -0.349 e. The molecule has 1 aromatic heterocycles. The fourth-order valence-electron chi connectivity index (χ4n) is 2.22. The molecule has 5 nitrogen and oxygen atoms in total. The summed E-state index contributed by atoms with van der Waals surface area (Å²) in [5.41, 5.74) is 0.713. The van der Waals surface area contributed by atoms with E-state index in [2.05, 4.69) is 15.7 Å². The summed E-state index contributed by atoms with van der Waals surface area (Å²) in [6.07, 6.45) is -2.26. The summed E-state index contributed by atoms with van der Waals surface area (Å²) in [5.74, 6) is -1.64. The first kappa shape index (κ1) is 14.8. The molecular weight excluding hydrogens is 273 g/mol. The number of nitrogens with zero attached hydrogens (tertiary/aromatic N) is 2. The van der Waals surface area contributed by atoms with Crippen molar-refractivity contribution in [3.63, 3.8) is 0 Å². The Kier molecular flexibility index (Phi) is 4.32. The van der Waals surface area contributed by atoms with Crippen LogP contribution in [0.4, 0.5) is 13.2 Å². The van der Waals surface area contributed by atoms with E-state index in [0.717, 1.165) is 0 Å². The Morgan fingerprint density at radius 1 is 1.55 bits per heavy atom. The highest BCUT2D eigenvalue weighted by molar-refractivity contribution is 5.81. The largest absolute Gasteiger partial charge is 0.393 e. The number of hydrogen-bond donors (Lipinski definition) is 2. The summed E-state index contributed by atoms with van der Waals surface area (Å²) in [5, 5.41) is 9.44. The van der Waals surface area contributed by atoms with Crippen molar-refractivity contribution < 1.29 is 18.0 Å². The maximum atomic E-state index is 12.5. The number of amides is 1. The quantitative estimate of drug-likeness (QED) is 0.872. The van der Waals surface area contributed by atoms with Crippen molar-refractivity contribution in [1.82, 2.24) is 20.4 Å². The summed E-state index contributed by atoms with van der Waals surface area (Å²) in [6.45, 7) is 0.0751. The van der Waals surface area contributed by atoms with Crippen molar-refractivity contribution in [3.8, 4) is 0 Å². The molecule has 8 heteroatoms. The van der Waals surface area contributed by atoms with Gasteiger partial charge in [0.25, 0.3) is 0 Å². The zero-order chi connectivity index (χ0) is 14.8. The van der Waals surface area contributed by atoms with Crippen LogP contribution in [0.1, 0.15) is 18.5 Å². The molecule has 0 spiro atoms. The van der Waals surface area contributed by atoms with Crippen LogP contribution in [0.3, 0.4) is 0 Å². The Morgan fingerprint density at radius 3 is 2.80 bits per heavy atom. The Labute approximate surface area is 114 Å². The molecule has 1 aliphatic rings. The lowest BCUT2D eigenvalue weighted by Crippen LogP contribution is -2.51. The maximum absolute atomic E-state index is 12.5. The first-order valence-electron chi connectivity index (χ1n) is 6.42. The van der Waals surface area contributed by atoms with E-state index in [1.165, 1.54) is 0 Å². The van der Waals surface area contributed by atoms with Crippen molar-refractivity contribution in [2.45, 2.75) is 31.6 Å². The van der Waals surface area contributed by atoms with E-state index >= 15 is 0 Å². The molecule has 2 atom stereocenters. The number of hydrogen-bond acceptors (Lipinski definition) is 3. The van der Waals surface area contributed by atoms with Gasteiger partial charge in [-0.1, -0.05) is 0 Å². The summed E-state index contributed by atoms with van der Waals surface area (Å²) < 4.78 is 39.1. The first-order chi connectivity index (χ1) is 9.36. The molecule has 2 heterocycles. The Hall–Kier alpha value is -1.57. The first-order valence-corrected chi connectivity index (χ1v) is 6.42. The van der Waals surface area contributed by atoms with Crippen LogP contribution in [0, 0.1) is 5.92 Å². The highest BCUT2D eigenvalue weighted by Crippen LogP contribution is 2.31. The van der Waals surface area contributed by atoms with Gasteiger partial charge in [0, 0.05) is 19.8 Å². The van der Waals surface area contributed by atoms with E-state index < -0.39 is 18.1 Å². The molecule has 1 fully saturated rings. The van der Waals surface area contributed by atoms with Crippen molar-refractivity contribution in [1.29, 1.82) is 0 Å². The van der Waals surface area contributed by atoms with Gasteiger partial charge in [-0.2, -0.15) is 18.3 Å². The predicted molar refractivity (Wildman–Crippen MR) is 65.6 cm³/mol. The third-order valence-corrected chi connectivity index (χ3v) is 3.41. The summed E-state index contributed by atoms with van der Waals surface area (Å²) >= 11 is 0. The van der Waals surface area contributed by atoms with Crippen molar-refractivity contribution in [2.24, 2.45) is 13.0 Å². The fraction of sp³-hybridized carbons (Fsp3) is 0.667. The molecular formula is C12H17F3N4O. The Morgan fingerprint density at radius 2 is 2.30 bits per heavy atom. The van der Waals surface area contributed by atoms with E-state index in [-0.39, 0.29) is 31.8 Å². The van der Waals surface area contributed by atoms with Gasteiger partial charge in [-0.3, -0.25) is 9.48 Å². The van der Waals surface area contributed by atoms with Gasteiger partial charge in [0.2, 0.25) is 5.91 Å². The topological polar surface area (TPSA) is 59.0 Å². The van der Waals surface area contributed by atoms with Crippen LogP contribution in [0.5, 0.6) is 0 Å². The lowest BCUT2D eigenvalue weighted by atomic mass is 9.94. The molecule has 1 saturated heterocycles. The van der Waals surface area contributed by atoms with Crippen LogP contribution < -0.4 is 10.6 Å². The van der Waals surface area contributed by atoms with Crippen LogP contribution >= 0.6 is 0 Å². The second-order valence-electron chi connectivity index (χ2n) is 4.98. The lowest BCUT2D eigenvalue weighted by molar-refractivity contribution is -0.180. The number of aryl methyl sites for hydroxylation is 1. The number of nitrogens with one attached hydrogen (secondary N) is 2. The van der Waals surface area contributed by atoms with Gasteiger partial charge < -0.3 is 10.6 Å². The number of carbonyl (C=O) groups excluding carboxylic acids is 1. The molecule has 1 aromatic rings. The van der Waals surface area contributed by atoms with Gasteiger partial charge in [-0.25, -0.2) is 0 Å². The van der Waals surface area contributed by atoms with E-state index in [4.69, 9.17) is 0 Å². The van der Waals surface area contributed by atoms with Gasteiger partial charge in [0.05, 0.1) is 24.2 Å². The number of alkyl halides is 3. The van der Waals surface area contributed by atoms with Crippen LogP contribution in [0.2, 0.25) is 0 Å². The summed E-state index contributed by atoms with van der Waals surface area (Å²) in [7, 11) is 1.77. The number of aromatic nitrogens is 2. The lowest BCUT2D eigenvalue weighted by Gasteiger charge is -2.30. The molecule has 0 aliphatic carbocycles. The van der Waals surface area contributed by atoms with E-state index in [1.54, 1.807) is 24.0 Å². The molecule has 2 N–H and O–H groups in total. The third kappa shape index (κ3) is 3.72. The highest BCUT2D eigenvalue weighted by Gasteiger charge is 2.42. The minimum atomic E-state index is -4.19. The molecule has 1 amide bonds. The highest BCUT2D eigenvalue weighted by atomic mass is 19.4. The third-order valence-electron chi connectivity index (χ3n) is 3.41. The number of carbonyl (C=O) groups is 1. The zero-order valence-corrected chi connectivity index (χ0v) is 11.1. The number of halogens is 3. The van der Waals surface area contributed by atoms with Crippen molar-refractivity contribution in [3.05, 3.63) is 18.0 Å². The molecule has 0 radical (unpaired) electrons. The molecule has 20 heavy (non-hydrogen) atoms. The Balaban J connectivity index is 1.77. The van der Waals surface area contributed by atoms with Gasteiger partial charge in [-0.15, -0.1) is 0 Å². The van der Waals surface area contributed by atoms with Crippen LogP contribution in [-0.2, 0) is 18.4 Å². The van der Waals surface area contributed by atoms with E-state index in [9.17, 15) is 18.0 Å². The van der Waals surface area contributed by atoms with Crippen LogP contribution in [0.25, 0.3) is 0 Å². The molecule has 1 aliphatic heterocycles. The molecule has 0 aromatic carbocycles. The fourth-order valence-corrected chi connectivity index (χ4v) is 2.22. The van der Waals surface area contributed by atoms with Crippen LogP contribution in [-0.4, -0.2) is 34.5 Å². The molecule has 0 bridgehead atoms. The van der Waals surface area contributed by atoms with Crippen molar-refractivity contribution in [2.75, 3.05) is 6.54 Å². The molecule has 2 rings (SSSR count). The molecule has 2 unspecified atom stereocenters. The monoisotopic (exact) mass is 290 g/mol. The van der Waals surface area contributed by atoms with Gasteiger partial charge >= 0.3 is 6.18 Å². The van der Waals surface area contributed by atoms with Gasteiger partial charge in [0.15, 0.2) is 0 Å². The average Bonchev–Trinajstić information content (AvgIpc) is 2.81. The maximum Gasteiger partial charge on any atom is 0.393 e. The predicted octanol–water partition coefficient (Wildman–Crippen LogP) is 0.967. The summed E-state index contributed by atoms with van der Waals surface area (Å²) in [4.78, 5) is 11.8. The number of rotatable bonds is 3. The second kappa shape index (κ2) is 5.82. The van der Waals surface area contributed by atoms with Crippen molar-refractivity contribution >= 4 is 5.91 Å². The van der Waals surface area contributed by atoms with E-state index in [1.807, 2.05) is 0 Å². The number of piperidine rings is 1. The molecule has 112 valence electrons. The SMILES string of the molecule is Cn1ccc(CNC(=O)C2CCC(C(F)(F)F)CN2)n1. The van der Waals surface area contributed by atoms with Crippen LogP contribution in [0.15, 0.2) is 12.3 Å². The minimum absolute atomic E-state index is 0.0157. The zero-order valence-electron chi connectivity index (χ0n) is 11.1. The average molecular weight is 290 g/mol. The standard InChI is InChI=1S/C12H17F3N4O/c1-19-5-4-9(18-19)7-17-11(20)10-3-2-8(6-16-10)12(13,14)15/h4-5,8,10,16H,2-3,6-7H2,1H3,(H,17,20). The molecule has 0 saturated carbocycles. The Bertz CT molecular complexity index is 464. The van der Waals surface area contributed by atoms with Gasteiger partial charge in [-0.05, 0) is 18.9 Å². The normalized spacial score (nSPS) is 23.6. The van der Waals surface area contributed by atoms with Gasteiger partial charge in [0.1, 0.15) is 0 Å². The smallest absolute Gasteiger partial charge is 0.349 e. The summed E-state index contributed by atoms with van der Waals surface area (Å²) in [6, 6.07) is 1.21. The second-order valence-corrected chi connectivity index (χ2v) is 4.98.